The molecule has 0 spiro atoms. The topological polar surface area (TPSA) is 37.3 Å². The Morgan fingerprint density at radius 2 is 1.91 bits per heavy atom. The van der Waals surface area contributed by atoms with Crippen LogP contribution >= 0.6 is 12.2 Å². The first-order chi connectivity index (χ1) is 11.2. The number of hydrogen-bond acceptors (Lipinski definition) is 2. The summed E-state index contributed by atoms with van der Waals surface area (Å²) in [6, 6.07) is 15.8. The van der Waals surface area contributed by atoms with Crippen LogP contribution in [0.1, 0.15) is 18.2 Å². The number of hydrogen-bond donors (Lipinski definition) is 1. The largest absolute Gasteiger partial charge is 0.347 e. The van der Waals surface area contributed by atoms with Crippen LogP contribution in [0, 0.1) is 5.92 Å². The zero-order valence-electron chi connectivity index (χ0n) is 12.8. The molecule has 1 N–H and O–H groups in total. The van der Waals surface area contributed by atoms with E-state index in [1.165, 1.54) is 5.69 Å². The van der Waals surface area contributed by atoms with E-state index in [0.29, 0.717) is 5.92 Å². The van der Waals surface area contributed by atoms with Gasteiger partial charge in [0.1, 0.15) is 0 Å². The number of rotatable bonds is 1. The zero-order valence-corrected chi connectivity index (χ0v) is 13.6. The van der Waals surface area contributed by atoms with Crippen LogP contribution in [0.15, 0.2) is 53.3 Å². The van der Waals surface area contributed by atoms with E-state index < -0.39 is 0 Å². The number of aromatic nitrogens is 1. The van der Waals surface area contributed by atoms with Crippen LogP contribution in [0.2, 0.25) is 0 Å². The number of anilines is 1. The number of fused-ring (bicyclic) bond motifs is 4. The van der Waals surface area contributed by atoms with E-state index in [1.54, 1.807) is 6.07 Å². The van der Waals surface area contributed by atoms with Gasteiger partial charge in [-0.25, -0.2) is 0 Å². The van der Waals surface area contributed by atoms with Crippen LogP contribution in [0.3, 0.4) is 0 Å². The summed E-state index contributed by atoms with van der Waals surface area (Å²) in [5, 5.41) is 4.06. The summed E-state index contributed by atoms with van der Waals surface area (Å²) in [7, 11) is 0. The number of benzene rings is 1. The number of nitrogens with one attached hydrogen (secondary N) is 1. The van der Waals surface area contributed by atoms with Crippen molar-refractivity contribution in [2.24, 2.45) is 5.92 Å². The van der Waals surface area contributed by atoms with E-state index >= 15 is 0 Å². The van der Waals surface area contributed by atoms with E-state index in [-0.39, 0.29) is 11.6 Å². The van der Waals surface area contributed by atoms with Crippen LogP contribution in [0.5, 0.6) is 0 Å². The summed E-state index contributed by atoms with van der Waals surface area (Å²) >= 11 is 5.59. The summed E-state index contributed by atoms with van der Waals surface area (Å²) in [6.07, 6.45) is 2.03. The maximum absolute atomic E-state index is 12.2. The van der Waals surface area contributed by atoms with Gasteiger partial charge in [0, 0.05) is 30.5 Å². The van der Waals surface area contributed by atoms with Gasteiger partial charge in [0.2, 0.25) is 0 Å². The Bertz CT molecular complexity index is 786. The van der Waals surface area contributed by atoms with Crippen molar-refractivity contribution in [1.29, 1.82) is 0 Å². The molecule has 2 atom stereocenters. The highest BCUT2D eigenvalue weighted by atomic mass is 32.1. The average Bonchev–Trinajstić information content (AvgIpc) is 2.55. The second-order valence-corrected chi connectivity index (χ2v) is 6.77. The Kier molecular flexibility index (Phi) is 3.65. The first-order valence-electron chi connectivity index (χ1n) is 8.02. The van der Waals surface area contributed by atoms with Gasteiger partial charge in [-0.2, -0.15) is 0 Å². The molecule has 0 radical (unpaired) electrons. The van der Waals surface area contributed by atoms with Crippen molar-refractivity contribution in [1.82, 2.24) is 9.47 Å². The van der Waals surface area contributed by atoms with Crippen molar-refractivity contribution in [3.63, 3.8) is 0 Å². The SMILES string of the molecule is O=c1cccc2n1[C@@H]1C[C@H](C2)CN(C(=S)Nc2ccccc2)C1. The summed E-state index contributed by atoms with van der Waals surface area (Å²) in [5.41, 5.74) is 2.28. The molecule has 3 heterocycles. The van der Waals surface area contributed by atoms with E-state index in [9.17, 15) is 4.79 Å². The van der Waals surface area contributed by atoms with E-state index in [1.807, 2.05) is 41.0 Å². The zero-order chi connectivity index (χ0) is 15.8. The predicted molar refractivity (Wildman–Crippen MR) is 95.8 cm³/mol. The van der Waals surface area contributed by atoms with Crippen molar-refractivity contribution in [2.75, 3.05) is 18.4 Å². The number of likely N-dealkylation sites (tertiary alicyclic amines) is 1. The van der Waals surface area contributed by atoms with Gasteiger partial charge in [0.25, 0.3) is 5.56 Å². The summed E-state index contributed by atoms with van der Waals surface area (Å²) in [5.74, 6) is 0.561. The van der Waals surface area contributed by atoms with Crippen LogP contribution in [0.25, 0.3) is 0 Å². The fourth-order valence-corrected chi connectivity index (χ4v) is 4.09. The summed E-state index contributed by atoms with van der Waals surface area (Å²) in [4.78, 5) is 14.4. The van der Waals surface area contributed by atoms with E-state index in [4.69, 9.17) is 12.2 Å². The molecule has 0 aliphatic carbocycles. The van der Waals surface area contributed by atoms with Crippen LogP contribution in [-0.2, 0) is 6.42 Å². The molecule has 2 aliphatic rings. The van der Waals surface area contributed by atoms with Gasteiger partial charge < -0.3 is 14.8 Å². The Morgan fingerprint density at radius 1 is 1.09 bits per heavy atom. The van der Waals surface area contributed by atoms with Gasteiger partial charge in [-0.3, -0.25) is 4.79 Å². The summed E-state index contributed by atoms with van der Waals surface area (Å²) in [6.45, 7) is 1.75. The van der Waals surface area contributed by atoms with Gasteiger partial charge in [-0.05, 0) is 49.2 Å². The predicted octanol–water partition coefficient (Wildman–Crippen LogP) is 2.66. The third-order valence-corrected chi connectivity index (χ3v) is 5.12. The Balaban J connectivity index is 1.55. The Labute approximate surface area is 140 Å². The Morgan fingerprint density at radius 3 is 2.74 bits per heavy atom. The van der Waals surface area contributed by atoms with Crippen molar-refractivity contribution in [3.8, 4) is 0 Å². The molecule has 0 amide bonds. The fourth-order valence-electron chi connectivity index (χ4n) is 3.82. The normalized spacial score (nSPS) is 22.3. The van der Waals surface area contributed by atoms with Crippen LogP contribution < -0.4 is 10.9 Å². The van der Waals surface area contributed by atoms with E-state index in [2.05, 4.69) is 16.3 Å². The molecular formula is C18H19N3OS. The average molecular weight is 325 g/mol. The number of pyridine rings is 1. The first-order valence-corrected chi connectivity index (χ1v) is 8.43. The lowest BCUT2D eigenvalue weighted by Gasteiger charge is -2.44. The quantitative estimate of drug-likeness (QED) is 0.818. The molecule has 4 rings (SSSR count). The molecule has 2 aliphatic heterocycles. The molecule has 118 valence electrons. The minimum Gasteiger partial charge on any atom is -0.347 e. The van der Waals surface area contributed by atoms with E-state index in [0.717, 1.165) is 36.7 Å². The maximum Gasteiger partial charge on any atom is 0.251 e. The van der Waals surface area contributed by atoms with Gasteiger partial charge >= 0.3 is 0 Å². The molecule has 5 heteroatoms. The Hall–Kier alpha value is -2.14. The molecular weight excluding hydrogens is 306 g/mol. The number of thiocarbonyl (C=S) groups is 1. The fraction of sp³-hybridized carbons (Fsp3) is 0.333. The van der Waals surface area contributed by atoms with Crippen LogP contribution in [0.4, 0.5) is 5.69 Å². The van der Waals surface area contributed by atoms with Crippen molar-refractivity contribution in [3.05, 3.63) is 64.6 Å². The van der Waals surface area contributed by atoms with Crippen molar-refractivity contribution in [2.45, 2.75) is 18.9 Å². The molecule has 1 saturated heterocycles. The molecule has 1 aromatic heterocycles. The second-order valence-electron chi connectivity index (χ2n) is 6.39. The lowest BCUT2D eigenvalue weighted by Crippen LogP contribution is -2.51. The molecule has 2 aromatic rings. The van der Waals surface area contributed by atoms with Gasteiger partial charge in [-0.15, -0.1) is 0 Å². The highest BCUT2D eigenvalue weighted by molar-refractivity contribution is 7.80. The monoisotopic (exact) mass is 325 g/mol. The lowest BCUT2D eigenvalue weighted by molar-refractivity contribution is 0.163. The molecule has 0 unspecified atom stereocenters. The minimum atomic E-state index is 0.106. The molecule has 0 saturated carbocycles. The molecule has 2 bridgehead atoms. The number of nitrogens with zero attached hydrogens (tertiary/aromatic N) is 2. The molecule has 23 heavy (non-hydrogen) atoms. The highest BCUT2D eigenvalue weighted by Gasteiger charge is 2.35. The lowest BCUT2D eigenvalue weighted by atomic mass is 9.86. The summed E-state index contributed by atoms with van der Waals surface area (Å²) < 4.78 is 1.97. The maximum atomic E-state index is 12.2. The first kappa shape index (κ1) is 14.5. The van der Waals surface area contributed by atoms with Crippen molar-refractivity contribution < 1.29 is 0 Å². The second kappa shape index (κ2) is 5.81. The minimum absolute atomic E-state index is 0.106. The van der Waals surface area contributed by atoms with Gasteiger partial charge in [0.05, 0.1) is 6.04 Å². The molecule has 1 fully saturated rings. The molecule has 4 nitrogen and oxygen atoms in total. The van der Waals surface area contributed by atoms with Crippen molar-refractivity contribution >= 4 is 23.0 Å². The highest BCUT2D eigenvalue weighted by Crippen LogP contribution is 2.33. The number of piperidine rings is 1. The third-order valence-electron chi connectivity index (χ3n) is 4.76. The standard InChI is InChI=1S/C18H19N3OS/c22-17-8-4-7-15-9-13-10-16(21(15)17)12-20(11-13)18(23)19-14-5-2-1-3-6-14/h1-8,13,16H,9-12H2,(H,19,23)/t13-,16+/m0/s1. The molecule has 1 aromatic carbocycles. The smallest absolute Gasteiger partial charge is 0.251 e. The van der Waals surface area contributed by atoms with Gasteiger partial charge in [0.15, 0.2) is 5.11 Å². The van der Waals surface area contributed by atoms with Crippen LogP contribution in [-0.4, -0.2) is 27.7 Å². The number of para-hydroxylation sites is 1. The van der Waals surface area contributed by atoms with Gasteiger partial charge in [-0.1, -0.05) is 24.3 Å². The third kappa shape index (κ3) is 2.77.